The van der Waals surface area contributed by atoms with Crippen molar-refractivity contribution in [3.05, 3.63) is 29.1 Å². The molecule has 1 heterocycles. The van der Waals surface area contributed by atoms with E-state index >= 15 is 0 Å². The van der Waals surface area contributed by atoms with Crippen molar-refractivity contribution in [3.63, 3.8) is 0 Å². The molecule has 0 bridgehead atoms. The summed E-state index contributed by atoms with van der Waals surface area (Å²) in [4.78, 5) is 38.9. The standard InChI is InChI=1S/C26H39FN2O5Si/c1-25(2,3)33-24(32)29-14-19(34-35(7,8)26(4,5)6)13-22(29)23(31)28-18-11-17-9-16(15-30)10-20(17)21(27)12-18/h11-12,15-16,19,22H,9-10,13-14H2,1-8H3,(H,28,31)/t16?,19-,22-/m1/s1. The van der Waals surface area contributed by atoms with Gasteiger partial charge in [-0.3, -0.25) is 9.69 Å². The molecule has 3 atom stereocenters. The monoisotopic (exact) mass is 506 g/mol. The molecule has 1 aliphatic carbocycles. The number of hydrogen-bond acceptors (Lipinski definition) is 5. The van der Waals surface area contributed by atoms with Crippen LogP contribution in [0.4, 0.5) is 14.9 Å². The number of anilines is 1. The van der Waals surface area contributed by atoms with Crippen LogP contribution in [-0.4, -0.2) is 55.8 Å². The van der Waals surface area contributed by atoms with Gasteiger partial charge in [-0.05, 0) is 75.0 Å². The molecule has 1 aromatic rings. The van der Waals surface area contributed by atoms with Gasteiger partial charge in [-0.1, -0.05) is 20.8 Å². The van der Waals surface area contributed by atoms with Crippen molar-refractivity contribution >= 4 is 32.3 Å². The van der Waals surface area contributed by atoms with E-state index < -0.39 is 37.8 Å². The first kappa shape index (κ1) is 27.3. The van der Waals surface area contributed by atoms with Crippen LogP contribution in [0.2, 0.25) is 18.1 Å². The molecule has 1 saturated heterocycles. The van der Waals surface area contributed by atoms with E-state index in [4.69, 9.17) is 9.16 Å². The van der Waals surface area contributed by atoms with Gasteiger partial charge in [0.05, 0.1) is 6.10 Å². The molecular formula is C26H39FN2O5Si. The topological polar surface area (TPSA) is 84.9 Å². The van der Waals surface area contributed by atoms with E-state index in [0.29, 0.717) is 30.5 Å². The Morgan fingerprint density at radius 2 is 1.80 bits per heavy atom. The summed E-state index contributed by atoms with van der Waals surface area (Å²) in [5.74, 6) is -1.09. The Labute approximate surface area is 208 Å². The van der Waals surface area contributed by atoms with Crippen LogP contribution in [0.15, 0.2) is 12.1 Å². The number of aldehydes is 1. The lowest BCUT2D eigenvalue weighted by molar-refractivity contribution is -0.120. The molecule has 1 fully saturated rings. The number of amides is 2. The Balaban J connectivity index is 1.81. The van der Waals surface area contributed by atoms with Gasteiger partial charge in [0.1, 0.15) is 23.7 Å². The summed E-state index contributed by atoms with van der Waals surface area (Å²) in [5.41, 5.74) is 0.858. The van der Waals surface area contributed by atoms with Gasteiger partial charge in [-0.15, -0.1) is 0 Å². The molecule has 0 saturated carbocycles. The summed E-state index contributed by atoms with van der Waals surface area (Å²) in [6, 6.07) is 2.19. The fourth-order valence-corrected chi connectivity index (χ4v) is 5.72. The van der Waals surface area contributed by atoms with Gasteiger partial charge in [0.15, 0.2) is 8.32 Å². The lowest BCUT2D eigenvalue weighted by Crippen LogP contribution is -2.46. The highest BCUT2D eigenvalue weighted by Gasteiger charge is 2.46. The molecule has 35 heavy (non-hydrogen) atoms. The van der Waals surface area contributed by atoms with Crippen molar-refractivity contribution in [2.24, 2.45) is 5.92 Å². The zero-order valence-corrected chi connectivity index (χ0v) is 23.2. The second kappa shape index (κ2) is 9.65. The number of likely N-dealkylation sites (tertiary alicyclic amines) is 1. The number of hydrogen-bond donors (Lipinski definition) is 1. The van der Waals surface area contributed by atoms with Crippen molar-refractivity contribution < 1.29 is 27.9 Å². The van der Waals surface area contributed by atoms with Gasteiger partial charge >= 0.3 is 6.09 Å². The van der Waals surface area contributed by atoms with Gasteiger partial charge in [-0.2, -0.15) is 0 Å². The lowest BCUT2D eigenvalue weighted by Gasteiger charge is -2.38. The molecule has 2 aliphatic rings. The molecule has 3 rings (SSSR count). The van der Waals surface area contributed by atoms with Gasteiger partial charge in [0, 0.05) is 24.6 Å². The largest absolute Gasteiger partial charge is 0.444 e. The number of rotatable bonds is 5. The first-order valence-corrected chi connectivity index (χ1v) is 15.2. The molecule has 194 valence electrons. The smallest absolute Gasteiger partial charge is 0.411 e. The number of nitrogens with zero attached hydrogens (tertiary/aromatic N) is 1. The summed E-state index contributed by atoms with van der Waals surface area (Å²) < 4.78 is 26.8. The minimum absolute atomic E-state index is 0.0224. The molecule has 1 unspecified atom stereocenters. The molecule has 7 nitrogen and oxygen atoms in total. The first-order chi connectivity index (χ1) is 16.0. The van der Waals surface area contributed by atoms with E-state index in [0.717, 1.165) is 11.8 Å². The van der Waals surface area contributed by atoms with E-state index in [1.165, 1.54) is 11.0 Å². The minimum Gasteiger partial charge on any atom is -0.444 e. The van der Waals surface area contributed by atoms with E-state index in [2.05, 4.69) is 39.2 Å². The van der Waals surface area contributed by atoms with E-state index in [-0.39, 0.29) is 23.6 Å². The third-order valence-corrected chi connectivity index (χ3v) is 11.7. The third kappa shape index (κ3) is 6.30. The summed E-state index contributed by atoms with van der Waals surface area (Å²) >= 11 is 0. The van der Waals surface area contributed by atoms with Crippen LogP contribution in [0.1, 0.15) is 59.1 Å². The Morgan fingerprint density at radius 3 is 2.37 bits per heavy atom. The van der Waals surface area contributed by atoms with Gasteiger partial charge in [-0.25, -0.2) is 9.18 Å². The average Bonchev–Trinajstić information content (AvgIpc) is 3.29. The van der Waals surface area contributed by atoms with Crippen LogP contribution >= 0.6 is 0 Å². The minimum atomic E-state index is -2.14. The third-order valence-electron chi connectivity index (χ3n) is 7.16. The second-order valence-corrected chi connectivity index (χ2v) is 17.0. The zero-order chi connectivity index (χ0) is 26.3. The van der Waals surface area contributed by atoms with Crippen molar-refractivity contribution in [2.45, 2.75) is 96.7 Å². The summed E-state index contributed by atoms with van der Waals surface area (Å²) in [5, 5.41) is 2.77. The highest BCUT2D eigenvalue weighted by Crippen LogP contribution is 2.39. The predicted molar refractivity (Wildman–Crippen MR) is 135 cm³/mol. The quantitative estimate of drug-likeness (QED) is 0.445. The number of benzene rings is 1. The van der Waals surface area contributed by atoms with Gasteiger partial charge < -0.3 is 19.3 Å². The Kier molecular flexibility index (Phi) is 7.54. The van der Waals surface area contributed by atoms with E-state index in [1.54, 1.807) is 26.8 Å². The summed E-state index contributed by atoms with van der Waals surface area (Å²) in [7, 11) is -2.14. The van der Waals surface area contributed by atoms with E-state index in [1.807, 2.05) is 0 Å². The van der Waals surface area contributed by atoms with E-state index in [9.17, 15) is 18.8 Å². The maximum atomic E-state index is 14.7. The molecule has 0 aromatic heterocycles. The van der Waals surface area contributed by atoms with Crippen molar-refractivity contribution in [3.8, 4) is 0 Å². The number of ether oxygens (including phenoxy) is 1. The van der Waals surface area contributed by atoms with Crippen LogP contribution in [0.3, 0.4) is 0 Å². The van der Waals surface area contributed by atoms with Crippen LogP contribution in [-0.2, 0) is 31.6 Å². The molecule has 1 N–H and O–H groups in total. The first-order valence-electron chi connectivity index (χ1n) is 12.3. The van der Waals surface area contributed by atoms with Gasteiger partial charge in [0.2, 0.25) is 5.91 Å². The summed E-state index contributed by atoms with van der Waals surface area (Å²) in [6.45, 7) is 16.3. The Hall–Kier alpha value is -2.26. The number of halogens is 1. The lowest BCUT2D eigenvalue weighted by atomic mass is 10.1. The van der Waals surface area contributed by atoms with Crippen molar-refractivity contribution in [2.75, 3.05) is 11.9 Å². The Morgan fingerprint density at radius 1 is 1.14 bits per heavy atom. The van der Waals surface area contributed by atoms with Crippen LogP contribution in [0.5, 0.6) is 0 Å². The summed E-state index contributed by atoms with van der Waals surface area (Å²) in [6.07, 6.45) is 1.13. The molecule has 0 radical (unpaired) electrons. The van der Waals surface area contributed by atoms with Crippen LogP contribution < -0.4 is 5.32 Å². The Bertz CT molecular complexity index is 999. The predicted octanol–water partition coefficient (Wildman–Crippen LogP) is 5.08. The normalized spacial score (nSPS) is 22.7. The maximum absolute atomic E-state index is 14.7. The van der Waals surface area contributed by atoms with Gasteiger partial charge in [0.25, 0.3) is 0 Å². The SMILES string of the molecule is CC(C)(C)OC(=O)N1C[C@H](O[Si](C)(C)C(C)(C)C)C[C@@H]1C(=O)Nc1cc(F)c2c(c1)CC(C=O)C2. The second-order valence-electron chi connectivity index (χ2n) is 12.3. The number of nitrogens with one attached hydrogen (secondary N) is 1. The molecule has 2 amide bonds. The highest BCUT2D eigenvalue weighted by atomic mass is 28.4. The fraction of sp³-hybridized carbons (Fsp3) is 0.654. The van der Waals surface area contributed by atoms with Crippen LogP contribution in [0.25, 0.3) is 0 Å². The number of fused-ring (bicyclic) bond motifs is 1. The maximum Gasteiger partial charge on any atom is 0.411 e. The number of carbonyl (C=O) groups is 3. The molecule has 1 aromatic carbocycles. The molecule has 9 heteroatoms. The zero-order valence-electron chi connectivity index (χ0n) is 22.2. The highest BCUT2D eigenvalue weighted by molar-refractivity contribution is 6.74. The van der Waals surface area contributed by atoms with Crippen molar-refractivity contribution in [1.29, 1.82) is 0 Å². The van der Waals surface area contributed by atoms with Crippen LogP contribution in [0, 0.1) is 11.7 Å². The molecular weight excluding hydrogens is 467 g/mol. The fourth-order valence-electron chi connectivity index (χ4n) is 4.36. The number of carbonyl (C=O) groups excluding carboxylic acids is 3. The molecule has 0 spiro atoms. The average molecular weight is 507 g/mol. The molecule has 1 aliphatic heterocycles. The van der Waals surface area contributed by atoms with Crippen molar-refractivity contribution in [1.82, 2.24) is 4.90 Å².